The van der Waals surface area contributed by atoms with Crippen LogP contribution >= 0.6 is 21.6 Å². The van der Waals surface area contributed by atoms with Crippen molar-refractivity contribution >= 4 is 33.7 Å². The maximum absolute atomic E-state index is 11.9. The number of nitrogens with one attached hydrogen (secondary N) is 1. The molecular formula is C16H30N2O4S2. The number of hydrogen-bond acceptors (Lipinski definition) is 7. The van der Waals surface area contributed by atoms with Gasteiger partial charge < -0.3 is 20.5 Å². The Hall–Kier alpha value is -0.600. The van der Waals surface area contributed by atoms with Gasteiger partial charge in [-0.25, -0.2) is 4.79 Å². The Morgan fingerprint density at radius 2 is 1.83 bits per heavy atom. The van der Waals surface area contributed by atoms with Crippen LogP contribution in [0.4, 0.5) is 4.79 Å². The fraction of sp³-hybridized carbons (Fsp3) is 0.875. The van der Waals surface area contributed by atoms with E-state index in [1.54, 1.807) is 21.6 Å². The average molecular weight is 379 g/mol. The summed E-state index contributed by atoms with van der Waals surface area (Å²) in [5.41, 5.74) is 5.22. The van der Waals surface area contributed by atoms with Crippen LogP contribution in [0.3, 0.4) is 0 Å². The first-order valence-corrected chi connectivity index (χ1v) is 11.1. The summed E-state index contributed by atoms with van der Waals surface area (Å²) < 4.78 is 10.3. The minimum Gasteiger partial charge on any atom is -0.466 e. The molecule has 0 atom stereocenters. The number of esters is 1. The lowest BCUT2D eigenvalue weighted by Crippen LogP contribution is -2.41. The Morgan fingerprint density at radius 1 is 1.12 bits per heavy atom. The van der Waals surface area contributed by atoms with Crippen molar-refractivity contribution in [1.82, 2.24) is 5.32 Å². The van der Waals surface area contributed by atoms with Crippen LogP contribution in [0.15, 0.2) is 0 Å². The van der Waals surface area contributed by atoms with Gasteiger partial charge >= 0.3 is 12.1 Å². The van der Waals surface area contributed by atoms with Crippen molar-refractivity contribution in [3.8, 4) is 0 Å². The van der Waals surface area contributed by atoms with Gasteiger partial charge in [-0.15, -0.1) is 0 Å². The molecule has 0 unspecified atom stereocenters. The Bertz CT molecular complexity index is 377. The van der Waals surface area contributed by atoms with Gasteiger partial charge in [0.2, 0.25) is 0 Å². The number of amides is 1. The van der Waals surface area contributed by atoms with E-state index in [9.17, 15) is 9.59 Å². The molecule has 0 aromatic carbocycles. The molecule has 0 bridgehead atoms. The fourth-order valence-corrected chi connectivity index (χ4v) is 4.56. The Balaban J connectivity index is 2.30. The highest BCUT2D eigenvalue weighted by atomic mass is 33.1. The highest BCUT2D eigenvalue weighted by Crippen LogP contribution is 2.39. The van der Waals surface area contributed by atoms with E-state index in [0.717, 1.165) is 37.2 Å². The number of hydrogen-bond donors (Lipinski definition) is 2. The number of nitrogens with two attached hydrogens (primary N) is 1. The molecule has 8 heteroatoms. The summed E-state index contributed by atoms with van der Waals surface area (Å²) in [6.45, 7) is 3.70. The van der Waals surface area contributed by atoms with Gasteiger partial charge in [0.1, 0.15) is 6.61 Å². The first-order valence-electron chi connectivity index (χ1n) is 8.62. The zero-order valence-electron chi connectivity index (χ0n) is 14.5. The normalized spacial score (nSPS) is 16.4. The first kappa shape index (κ1) is 21.4. The standard InChI is InChI=1S/C16H30N2O4S2/c1-2-21-14(19)12-16(6-4-3-5-7-16)13-18-15(20)22-9-11-24-23-10-8-17/h2-13,17H2,1H3,(H,18,20). The molecule has 140 valence electrons. The maximum atomic E-state index is 11.9. The van der Waals surface area contributed by atoms with Crippen LogP contribution in [0.25, 0.3) is 0 Å². The molecule has 6 nitrogen and oxygen atoms in total. The van der Waals surface area contributed by atoms with E-state index in [2.05, 4.69) is 5.32 Å². The van der Waals surface area contributed by atoms with Crippen LogP contribution in [0.5, 0.6) is 0 Å². The van der Waals surface area contributed by atoms with Crippen LogP contribution in [0, 0.1) is 5.41 Å². The van der Waals surface area contributed by atoms with Gasteiger partial charge in [0.05, 0.1) is 13.0 Å². The quantitative estimate of drug-likeness (QED) is 0.324. The van der Waals surface area contributed by atoms with Crippen molar-refractivity contribution in [3.05, 3.63) is 0 Å². The van der Waals surface area contributed by atoms with E-state index < -0.39 is 6.09 Å². The molecule has 24 heavy (non-hydrogen) atoms. The lowest BCUT2D eigenvalue weighted by atomic mass is 9.72. The van der Waals surface area contributed by atoms with E-state index in [-0.39, 0.29) is 11.4 Å². The number of ether oxygens (including phenoxy) is 2. The SMILES string of the molecule is CCOC(=O)CC1(CNC(=O)OCCSSCCN)CCCCC1. The third-order valence-corrected chi connectivity index (χ3v) is 6.43. The molecule has 3 N–H and O–H groups in total. The van der Waals surface area contributed by atoms with E-state index in [0.29, 0.717) is 32.7 Å². The molecule has 0 spiro atoms. The molecular weight excluding hydrogens is 348 g/mol. The highest BCUT2D eigenvalue weighted by molar-refractivity contribution is 8.76. The predicted molar refractivity (Wildman–Crippen MR) is 100 cm³/mol. The van der Waals surface area contributed by atoms with Gasteiger partial charge in [0.25, 0.3) is 0 Å². The number of carbonyl (C=O) groups is 2. The largest absolute Gasteiger partial charge is 0.466 e. The molecule has 1 aliphatic carbocycles. The predicted octanol–water partition coefficient (Wildman–Crippen LogP) is 2.96. The molecule has 0 aromatic rings. The number of alkyl carbamates (subject to hydrolysis) is 1. The molecule has 1 rings (SSSR count). The third-order valence-electron chi connectivity index (χ3n) is 4.03. The van der Waals surface area contributed by atoms with Gasteiger partial charge in [0.15, 0.2) is 0 Å². The van der Waals surface area contributed by atoms with Crippen LogP contribution in [-0.2, 0) is 14.3 Å². The van der Waals surface area contributed by atoms with E-state index in [1.807, 2.05) is 6.92 Å². The smallest absolute Gasteiger partial charge is 0.407 e. The molecule has 0 aromatic heterocycles. The summed E-state index contributed by atoms with van der Waals surface area (Å²) in [6, 6.07) is 0. The van der Waals surface area contributed by atoms with Crippen LogP contribution in [0.2, 0.25) is 0 Å². The Morgan fingerprint density at radius 3 is 2.50 bits per heavy atom. The molecule has 1 amide bonds. The maximum Gasteiger partial charge on any atom is 0.407 e. The third kappa shape index (κ3) is 9.03. The highest BCUT2D eigenvalue weighted by Gasteiger charge is 2.35. The van der Waals surface area contributed by atoms with Crippen LogP contribution < -0.4 is 11.1 Å². The van der Waals surface area contributed by atoms with E-state index >= 15 is 0 Å². The number of rotatable bonds is 11. The van der Waals surface area contributed by atoms with Crippen molar-refractivity contribution < 1.29 is 19.1 Å². The molecule has 1 saturated carbocycles. The van der Waals surface area contributed by atoms with Crippen molar-refractivity contribution in [1.29, 1.82) is 0 Å². The van der Waals surface area contributed by atoms with Crippen molar-refractivity contribution in [3.63, 3.8) is 0 Å². The van der Waals surface area contributed by atoms with Crippen molar-refractivity contribution in [2.45, 2.75) is 45.4 Å². The second kappa shape index (κ2) is 12.7. The van der Waals surface area contributed by atoms with Gasteiger partial charge in [-0.05, 0) is 25.2 Å². The minimum absolute atomic E-state index is 0.178. The molecule has 1 aliphatic rings. The van der Waals surface area contributed by atoms with Crippen LogP contribution in [0.1, 0.15) is 45.4 Å². The molecule has 1 fully saturated rings. The summed E-state index contributed by atoms with van der Waals surface area (Å²) in [4.78, 5) is 23.7. The molecule has 0 saturated heterocycles. The minimum atomic E-state index is -0.409. The Labute approximate surface area is 152 Å². The average Bonchev–Trinajstić information content (AvgIpc) is 2.57. The Kier molecular flexibility index (Phi) is 11.4. The summed E-state index contributed by atoms with van der Waals surface area (Å²) >= 11 is 0. The number of carbonyl (C=O) groups excluding carboxylic acids is 2. The summed E-state index contributed by atoms with van der Waals surface area (Å²) in [7, 11) is 3.33. The molecule has 0 aliphatic heterocycles. The summed E-state index contributed by atoms with van der Waals surface area (Å²) in [5.74, 6) is 1.46. The zero-order chi connectivity index (χ0) is 17.7. The lowest BCUT2D eigenvalue weighted by molar-refractivity contribution is -0.146. The second-order valence-corrected chi connectivity index (χ2v) is 8.67. The van der Waals surface area contributed by atoms with E-state index in [1.165, 1.54) is 6.42 Å². The van der Waals surface area contributed by atoms with E-state index in [4.69, 9.17) is 15.2 Å². The van der Waals surface area contributed by atoms with Gasteiger partial charge in [-0.2, -0.15) is 0 Å². The topological polar surface area (TPSA) is 90.6 Å². The second-order valence-electron chi connectivity index (χ2n) is 5.96. The lowest BCUT2D eigenvalue weighted by Gasteiger charge is -2.36. The molecule has 0 heterocycles. The summed E-state index contributed by atoms with van der Waals surface area (Å²) in [6.07, 6.45) is 5.21. The van der Waals surface area contributed by atoms with Gasteiger partial charge in [-0.1, -0.05) is 40.9 Å². The van der Waals surface area contributed by atoms with Crippen molar-refractivity contribution in [2.75, 3.05) is 37.8 Å². The zero-order valence-corrected chi connectivity index (χ0v) is 16.1. The molecule has 0 radical (unpaired) electrons. The monoisotopic (exact) mass is 378 g/mol. The van der Waals surface area contributed by atoms with Crippen LogP contribution in [-0.4, -0.2) is 49.9 Å². The fourth-order valence-electron chi connectivity index (χ4n) is 2.88. The van der Waals surface area contributed by atoms with Gasteiger partial charge in [-0.3, -0.25) is 4.79 Å². The van der Waals surface area contributed by atoms with Gasteiger partial charge in [0, 0.05) is 24.6 Å². The van der Waals surface area contributed by atoms with Crippen molar-refractivity contribution in [2.24, 2.45) is 11.1 Å². The first-order chi connectivity index (χ1) is 11.6. The summed E-state index contributed by atoms with van der Waals surface area (Å²) in [5, 5.41) is 2.84.